The number of nitrogens with one attached hydrogen (secondary N) is 1. The fourth-order valence-corrected chi connectivity index (χ4v) is 3.08. The number of ether oxygens (including phenoxy) is 1. The smallest absolute Gasteiger partial charge is 0.261 e. The molecule has 0 saturated heterocycles. The molecule has 3 nitrogen and oxygen atoms in total. The maximum Gasteiger partial charge on any atom is 0.261 e. The van der Waals surface area contributed by atoms with E-state index in [-0.39, 0.29) is 5.91 Å². The highest BCUT2D eigenvalue weighted by Crippen LogP contribution is 2.26. The number of rotatable bonds is 7. The molecule has 0 radical (unpaired) electrons. The third-order valence-corrected chi connectivity index (χ3v) is 5.20. The van der Waals surface area contributed by atoms with E-state index in [1.807, 2.05) is 26.0 Å². The molecule has 26 heavy (non-hydrogen) atoms. The summed E-state index contributed by atoms with van der Waals surface area (Å²) in [6.07, 6.45) is 1.36. The van der Waals surface area contributed by atoms with Crippen LogP contribution in [0.1, 0.15) is 48.6 Å². The van der Waals surface area contributed by atoms with Crippen molar-refractivity contribution in [2.45, 2.75) is 60.1 Å². The lowest BCUT2D eigenvalue weighted by atomic mass is 10.0. The van der Waals surface area contributed by atoms with Gasteiger partial charge >= 0.3 is 0 Å². The zero-order valence-corrected chi connectivity index (χ0v) is 17.0. The normalized spacial score (nSPS) is 11.9. The standard InChI is InChI=1S/C22H28ClNO2/c1-6-17-8-9-18(7-2)19(12-17)13-24-22(25)16(5)26-20-10-14(3)21(23)15(4)11-20/h8-12,16H,6-7,13H2,1-5H3,(H,24,25)/t16-/m1/s1. The first kappa shape index (κ1) is 20.3. The van der Waals surface area contributed by atoms with Crippen LogP contribution in [0.2, 0.25) is 5.02 Å². The Kier molecular flexibility index (Phi) is 7.10. The van der Waals surface area contributed by atoms with E-state index in [9.17, 15) is 4.79 Å². The molecule has 1 N–H and O–H groups in total. The molecule has 140 valence electrons. The first-order chi connectivity index (χ1) is 12.3. The highest BCUT2D eigenvalue weighted by Gasteiger charge is 2.16. The molecule has 1 atom stereocenters. The Morgan fingerprint density at radius 2 is 1.73 bits per heavy atom. The van der Waals surface area contributed by atoms with Crippen LogP contribution in [-0.2, 0) is 24.2 Å². The van der Waals surface area contributed by atoms with E-state index in [0.717, 1.165) is 29.0 Å². The number of hydrogen-bond donors (Lipinski definition) is 1. The predicted molar refractivity (Wildman–Crippen MR) is 108 cm³/mol. The number of aryl methyl sites for hydroxylation is 4. The van der Waals surface area contributed by atoms with Crippen molar-refractivity contribution in [1.82, 2.24) is 5.32 Å². The van der Waals surface area contributed by atoms with Crippen molar-refractivity contribution in [3.8, 4) is 5.75 Å². The van der Waals surface area contributed by atoms with Crippen molar-refractivity contribution in [1.29, 1.82) is 0 Å². The molecule has 0 saturated carbocycles. The molecule has 0 aromatic heterocycles. The summed E-state index contributed by atoms with van der Waals surface area (Å²) in [5.41, 5.74) is 5.60. The zero-order valence-electron chi connectivity index (χ0n) is 16.3. The molecule has 0 unspecified atom stereocenters. The van der Waals surface area contributed by atoms with Gasteiger partial charge in [-0.15, -0.1) is 0 Å². The van der Waals surface area contributed by atoms with Gasteiger partial charge in [0.1, 0.15) is 5.75 Å². The van der Waals surface area contributed by atoms with E-state index in [4.69, 9.17) is 16.3 Å². The van der Waals surface area contributed by atoms with E-state index in [2.05, 4.69) is 37.4 Å². The van der Waals surface area contributed by atoms with Crippen molar-refractivity contribution in [2.24, 2.45) is 0 Å². The molecule has 0 aliphatic rings. The Morgan fingerprint density at radius 3 is 2.31 bits per heavy atom. The van der Waals surface area contributed by atoms with Crippen molar-refractivity contribution in [3.63, 3.8) is 0 Å². The minimum atomic E-state index is -0.575. The monoisotopic (exact) mass is 373 g/mol. The fourth-order valence-electron chi connectivity index (χ4n) is 2.97. The molecule has 1 amide bonds. The van der Waals surface area contributed by atoms with Gasteiger partial charge in [0.2, 0.25) is 0 Å². The Bertz CT molecular complexity index is 763. The molecule has 0 fully saturated rings. The average molecular weight is 374 g/mol. The molecule has 0 heterocycles. The van der Waals surface area contributed by atoms with E-state index in [1.165, 1.54) is 16.7 Å². The third kappa shape index (κ3) is 5.01. The number of carbonyl (C=O) groups is 1. The van der Waals surface area contributed by atoms with E-state index < -0.39 is 6.10 Å². The second kappa shape index (κ2) is 9.09. The number of amides is 1. The summed E-state index contributed by atoms with van der Waals surface area (Å²) in [7, 11) is 0. The minimum Gasteiger partial charge on any atom is -0.481 e. The van der Waals surface area contributed by atoms with Crippen LogP contribution >= 0.6 is 11.6 Å². The second-order valence-corrected chi connectivity index (χ2v) is 7.04. The van der Waals surface area contributed by atoms with Gasteiger partial charge in [-0.05, 0) is 73.6 Å². The first-order valence-corrected chi connectivity index (χ1v) is 9.55. The van der Waals surface area contributed by atoms with Crippen molar-refractivity contribution >= 4 is 17.5 Å². The predicted octanol–water partition coefficient (Wildman–Crippen LogP) is 5.17. The summed E-state index contributed by atoms with van der Waals surface area (Å²) in [4.78, 5) is 12.4. The van der Waals surface area contributed by atoms with E-state index >= 15 is 0 Å². The van der Waals surface area contributed by atoms with Gasteiger partial charge in [-0.25, -0.2) is 0 Å². The van der Waals surface area contributed by atoms with Gasteiger partial charge in [0, 0.05) is 11.6 Å². The largest absolute Gasteiger partial charge is 0.481 e. The SMILES string of the molecule is CCc1ccc(CC)c(CNC(=O)[C@@H](C)Oc2cc(C)c(Cl)c(C)c2)c1. The molecule has 0 aliphatic carbocycles. The van der Waals surface area contributed by atoms with E-state index in [0.29, 0.717) is 12.3 Å². The van der Waals surface area contributed by atoms with E-state index in [1.54, 1.807) is 6.92 Å². The van der Waals surface area contributed by atoms with Crippen LogP contribution in [0.4, 0.5) is 0 Å². The van der Waals surface area contributed by atoms with Gasteiger partial charge in [0.15, 0.2) is 6.10 Å². The van der Waals surface area contributed by atoms with Gasteiger partial charge in [-0.3, -0.25) is 4.79 Å². The van der Waals surface area contributed by atoms with Crippen molar-refractivity contribution < 1.29 is 9.53 Å². The number of carbonyl (C=O) groups excluding carboxylic acids is 1. The quantitative estimate of drug-likeness (QED) is 0.727. The highest BCUT2D eigenvalue weighted by atomic mass is 35.5. The summed E-state index contributed by atoms with van der Waals surface area (Å²) in [5.74, 6) is 0.536. The Hall–Kier alpha value is -2.00. The molecule has 0 aliphatic heterocycles. The lowest BCUT2D eigenvalue weighted by Gasteiger charge is -2.17. The Morgan fingerprint density at radius 1 is 1.08 bits per heavy atom. The van der Waals surface area contributed by atoms with Crippen LogP contribution in [0.5, 0.6) is 5.75 Å². The first-order valence-electron chi connectivity index (χ1n) is 9.17. The summed E-state index contributed by atoms with van der Waals surface area (Å²) in [5, 5.41) is 3.73. The van der Waals surface area contributed by atoms with Gasteiger partial charge in [0.25, 0.3) is 5.91 Å². The maximum absolute atomic E-state index is 12.4. The van der Waals surface area contributed by atoms with Crippen molar-refractivity contribution in [3.05, 3.63) is 63.2 Å². The topological polar surface area (TPSA) is 38.3 Å². The van der Waals surface area contributed by atoms with Gasteiger partial charge in [0.05, 0.1) is 0 Å². The number of benzene rings is 2. The third-order valence-electron chi connectivity index (χ3n) is 4.60. The molecule has 4 heteroatoms. The molecule has 0 bridgehead atoms. The summed E-state index contributed by atoms with van der Waals surface area (Å²) in [6, 6.07) is 10.2. The second-order valence-electron chi connectivity index (χ2n) is 6.66. The molecule has 2 aromatic rings. The summed E-state index contributed by atoms with van der Waals surface area (Å²) in [6.45, 7) is 10.4. The van der Waals surface area contributed by atoms with Gasteiger partial charge < -0.3 is 10.1 Å². The minimum absolute atomic E-state index is 0.126. The number of halogens is 1. The van der Waals surface area contributed by atoms with Crippen LogP contribution in [0.25, 0.3) is 0 Å². The van der Waals surface area contributed by atoms with Crippen molar-refractivity contribution in [2.75, 3.05) is 0 Å². The maximum atomic E-state index is 12.4. The van der Waals surface area contributed by atoms with Crippen LogP contribution < -0.4 is 10.1 Å². The molecule has 2 aromatic carbocycles. The Balaban J connectivity index is 2.02. The molecular formula is C22H28ClNO2. The van der Waals surface area contributed by atoms with Crippen LogP contribution in [0.15, 0.2) is 30.3 Å². The molecule has 2 rings (SSSR count). The summed E-state index contributed by atoms with van der Waals surface area (Å²) >= 11 is 6.18. The summed E-state index contributed by atoms with van der Waals surface area (Å²) < 4.78 is 5.81. The number of hydrogen-bond acceptors (Lipinski definition) is 2. The average Bonchev–Trinajstić information content (AvgIpc) is 2.63. The molecule has 0 spiro atoms. The Labute approximate surface area is 161 Å². The molecular weight excluding hydrogens is 346 g/mol. The zero-order chi connectivity index (χ0) is 19.3. The van der Waals surface area contributed by atoms with Gasteiger partial charge in [-0.2, -0.15) is 0 Å². The van der Waals surface area contributed by atoms with Crippen LogP contribution in [-0.4, -0.2) is 12.0 Å². The van der Waals surface area contributed by atoms with Crippen LogP contribution in [0, 0.1) is 13.8 Å². The fraction of sp³-hybridized carbons (Fsp3) is 0.409. The van der Waals surface area contributed by atoms with Crippen LogP contribution in [0.3, 0.4) is 0 Å². The lowest BCUT2D eigenvalue weighted by Crippen LogP contribution is -2.36. The highest BCUT2D eigenvalue weighted by molar-refractivity contribution is 6.32. The van der Waals surface area contributed by atoms with Gasteiger partial charge in [-0.1, -0.05) is 43.6 Å². The lowest BCUT2D eigenvalue weighted by molar-refractivity contribution is -0.127.